The molecule has 0 saturated heterocycles. The molecule has 5 saturated carbocycles. The van der Waals surface area contributed by atoms with Gasteiger partial charge in [-0.15, -0.1) is 0 Å². The van der Waals surface area contributed by atoms with Crippen LogP contribution in [0.15, 0.2) is 12.2 Å². The van der Waals surface area contributed by atoms with Crippen molar-refractivity contribution in [2.45, 2.75) is 111 Å². The zero-order valence-corrected chi connectivity index (χ0v) is 22.0. The molecule has 0 spiro atoms. The quantitative estimate of drug-likeness (QED) is 0.466. The largest absolute Gasteiger partial charge is 0.390 e. The molecule has 5 fully saturated rings. The maximum Gasteiger partial charge on any atom is 0.0685 e. The Hall–Kier alpha value is -0.340. The van der Waals surface area contributed by atoms with Crippen molar-refractivity contribution in [2.75, 3.05) is 6.61 Å². The fourth-order valence-corrected chi connectivity index (χ4v) is 10.0. The Morgan fingerprint density at radius 1 is 0.938 bits per heavy atom. The highest BCUT2D eigenvalue weighted by atomic mass is 16.5. The van der Waals surface area contributed by atoms with Crippen LogP contribution in [0.3, 0.4) is 0 Å². The van der Waals surface area contributed by atoms with Crippen molar-refractivity contribution in [3.63, 3.8) is 0 Å². The molecule has 5 aliphatic carbocycles. The number of allylic oxidation sites excluding steroid dienone is 1. The van der Waals surface area contributed by atoms with E-state index in [4.69, 9.17) is 4.74 Å². The summed E-state index contributed by atoms with van der Waals surface area (Å²) < 4.78 is 7.21. The molecule has 2 heteroatoms. The predicted octanol–water partition coefficient (Wildman–Crippen LogP) is 7.26. The molecule has 0 aromatic carbocycles. The van der Waals surface area contributed by atoms with Gasteiger partial charge in [0.1, 0.15) is 0 Å². The van der Waals surface area contributed by atoms with E-state index < -0.39 is 5.60 Å². The maximum absolute atomic E-state index is 11.5. The van der Waals surface area contributed by atoms with Crippen LogP contribution in [0.5, 0.6) is 0 Å². The van der Waals surface area contributed by atoms with Gasteiger partial charge in [-0.3, -0.25) is 0 Å². The molecule has 5 aliphatic rings. The number of ether oxygens (including phenoxy) is 1. The van der Waals surface area contributed by atoms with E-state index in [0.29, 0.717) is 23.2 Å². The highest BCUT2D eigenvalue weighted by molar-refractivity contribution is 5.18. The lowest BCUT2D eigenvalue weighted by molar-refractivity contribution is -0.161. The highest BCUT2D eigenvalue weighted by Gasteiger charge is 2.67. The van der Waals surface area contributed by atoms with E-state index in [1.54, 1.807) is 0 Å². The van der Waals surface area contributed by atoms with Gasteiger partial charge in [-0.2, -0.15) is 0 Å². The fraction of sp³-hybridized carbons (Fsp3) is 0.933. The van der Waals surface area contributed by atoms with E-state index in [1.165, 1.54) is 37.7 Å². The summed E-state index contributed by atoms with van der Waals surface area (Å²) in [7, 11) is 0. The van der Waals surface area contributed by atoms with Crippen LogP contribution in [0.1, 0.15) is 99.8 Å². The van der Waals surface area contributed by atoms with Crippen molar-refractivity contribution in [3.05, 3.63) is 12.2 Å². The van der Waals surface area contributed by atoms with Crippen LogP contribution in [0.4, 0.5) is 0 Å². The fourth-order valence-electron chi connectivity index (χ4n) is 10.0. The smallest absolute Gasteiger partial charge is 0.0685 e. The third-order valence-electron chi connectivity index (χ3n) is 12.4. The van der Waals surface area contributed by atoms with E-state index in [9.17, 15) is 5.11 Å². The first-order valence-electron chi connectivity index (χ1n) is 13.9. The summed E-state index contributed by atoms with van der Waals surface area (Å²) in [6, 6.07) is 0. The lowest BCUT2D eigenvalue weighted by atomic mass is 9.62. The van der Waals surface area contributed by atoms with Crippen molar-refractivity contribution in [1.29, 1.82) is 0 Å². The molecular weight excluding hydrogens is 392 g/mol. The summed E-state index contributed by atoms with van der Waals surface area (Å²) in [6.07, 6.45) is 9.56. The Kier molecular flexibility index (Phi) is 5.36. The number of aliphatic hydroxyl groups is 1. The van der Waals surface area contributed by atoms with Gasteiger partial charge >= 0.3 is 0 Å². The van der Waals surface area contributed by atoms with Crippen LogP contribution < -0.4 is 0 Å². The van der Waals surface area contributed by atoms with Crippen LogP contribution in [0.2, 0.25) is 0 Å². The van der Waals surface area contributed by atoms with E-state index >= 15 is 0 Å². The standard InChI is InChI=1S/C30H50O2/c1-18-9-11-20(3)28(6,26-21(18)13-15-29(26,7)31)17-32-30(8)16-14-23-25(27(23,4)5)24-19(2)10-12-22(24)30/h19-26,31H,1,9-17H2,2-8H3. The molecule has 0 radical (unpaired) electrons. The van der Waals surface area contributed by atoms with Gasteiger partial charge in [0.2, 0.25) is 0 Å². The van der Waals surface area contributed by atoms with Gasteiger partial charge in [0.05, 0.1) is 17.8 Å². The van der Waals surface area contributed by atoms with Gasteiger partial charge in [0.15, 0.2) is 0 Å². The molecule has 11 unspecified atom stereocenters. The normalized spacial score (nSPS) is 56.7. The van der Waals surface area contributed by atoms with Crippen molar-refractivity contribution >= 4 is 0 Å². The SMILES string of the molecule is C=C1CCC(C)C(C)(COC2(C)CCC3C(C4C(C)CCC42)C3(C)C)C2C1CCC2(C)O. The molecule has 182 valence electrons. The van der Waals surface area contributed by atoms with Crippen LogP contribution in [-0.2, 0) is 4.74 Å². The maximum atomic E-state index is 11.5. The van der Waals surface area contributed by atoms with Gasteiger partial charge in [0, 0.05) is 5.92 Å². The van der Waals surface area contributed by atoms with Crippen molar-refractivity contribution in [2.24, 2.45) is 58.2 Å². The summed E-state index contributed by atoms with van der Waals surface area (Å²) in [5, 5.41) is 11.5. The van der Waals surface area contributed by atoms with Crippen molar-refractivity contribution in [3.8, 4) is 0 Å². The third-order valence-corrected chi connectivity index (χ3v) is 12.4. The lowest BCUT2D eigenvalue weighted by Crippen LogP contribution is -2.51. The predicted molar refractivity (Wildman–Crippen MR) is 132 cm³/mol. The second kappa shape index (κ2) is 7.33. The van der Waals surface area contributed by atoms with Crippen LogP contribution in [-0.4, -0.2) is 22.9 Å². The first-order chi connectivity index (χ1) is 14.8. The van der Waals surface area contributed by atoms with E-state index in [2.05, 4.69) is 55.0 Å². The molecule has 32 heavy (non-hydrogen) atoms. The van der Waals surface area contributed by atoms with E-state index in [0.717, 1.165) is 49.5 Å². The Bertz CT molecular complexity index is 767. The summed E-state index contributed by atoms with van der Waals surface area (Å²) in [5.41, 5.74) is 1.31. The summed E-state index contributed by atoms with van der Waals surface area (Å²) in [5.74, 6) is 5.45. The zero-order chi connectivity index (χ0) is 23.3. The number of hydrogen-bond acceptors (Lipinski definition) is 2. The molecule has 1 N–H and O–H groups in total. The molecule has 0 amide bonds. The molecular formula is C30H50O2. The number of fused-ring (bicyclic) bond motifs is 4. The first kappa shape index (κ1) is 23.4. The molecule has 0 heterocycles. The second-order valence-electron chi connectivity index (χ2n) is 14.4. The van der Waals surface area contributed by atoms with Crippen molar-refractivity contribution < 1.29 is 9.84 Å². The zero-order valence-electron chi connectivity index (χ0n) is 22.0. The first-order valence-corrected chi connectivity index (χ1v) is 13.9. The summed E-state index contributed by atoms with van der Waals surface area (Å²) >= 11 is 0. The van der Waals surface area contributed by atoms with Crippen molar-refractivity contribution in [1.82, 2.24) is 0 Å². The topological polar surface area (TPSA) is 29.5 Å². The van der Waals surface area contributed by atoms with Crippen LogP contribution in [0, 0.1) is 58.2 Å². The molecule has 2 nitrogen and oxygen atoms in total. The third kappa shape index (κ3) is 3.24. The van der Waals surface area contributed by atoms with Crippen LogP contribution >= 0.6 is 0 Å². The van der Waals surface area contributed by atoms with Gasteiger partial charge < -0.3 is 9.84 Å². The summed E-state index contributed by atoms with van der Waals surface area (Å²) in [4.78, 5) is 0. The van der Waals surface area contributed by atoms with Gasteiger partial charge in [0.25, 0.3) is 0 Å². The number of hydrogen-bond donors (Lipinski definition) is 1. The monoisotopic (exact) mass is 442 g/mol. The van der Waals surface area contributed by atoms with Gasteiger partial charge in [-0.25, -0.2) is 0 Å². The van der Waals surface area contributed by atoms with Gasteiger partial charge in [-0.05, 0) is 111 Å². The van der Waals surface area contributed by atoms with E-state index in [1.807, 2.05) is 0 Å². The second-order valence-corrected chi connectivity index (χ2v) is 14.4. The Balaban J connectivity index is 1.42. The molecule has 5 rings (SSSR count). The number of rotatable bonds is 3. The minimum Gasteiger partial charge on any atom is -0.390 e. The molecule has 11 atom stereocenters. The molecule has 0 aromatic heterocycles. The molecule has 0 aromatic rings. The van der Waals surface area contributed by atoms with Crippen LogP contribution in [0.25, 0.3) is 0 Å². The summed E-state index contributed by atoms with van der Waals surface area (Å²) in [6.45, 7) is 22.3. The minimum atomic E-state index is -0.606. The van der Waals surface area contributed by atoms with Gasteiger partial charge in [-0.1, -0.05) is 53.2 Å². The van der Waals surface area contributed by atoms with E-state index in [-0.39, 0.29) is 16.9 Å². The molecule has 0 bridgehead atoms. The Morgan fingerprint density at radius 3 is 2.38 bits per heavy atom. The Labute approximate surface area is 198 Å². The Morgan fingerprint density at radius 2 is 1.66 bits per heavy atom. The highest BCUT2D eigenvalue weighted by Crippen LogP contribution is 2.71. The molecule has 0 aliphatic heterocycles. The average molecular weight is 443 g/mol. The minimum absolute atomic E-state index is 0.00132. The lowest BCUT2D eigenvalue weighted by Gasteiger charge is -2.49. The average Bonchev–Trinajstić information content (AvgIpc) is 2.94.